The standard InChI is InChI=1S/C18H16BrN3O5S/c19-13-2-5-14(6-3-13)22-28(25,26)16-11-15(4-1-12(16)7-9-23)21-17(24)18-20-8-10-27-18/h1-6,8,10-11,22-23H,7,9H2,(H,21,24). The predicted octanol–water partition coefficient (Wildman–Crippen LogP) is 3.03. The first-order valence-electron chi connectivity index (χ1n) is 8.12. The largest absolute Gasteiger partial charge is 0.441 e. The monoisotopic (exact) mass is 465 g/mol. The van der Waals surface area contributed by atoms with E-state index in [-0.39, 0.29) is 29.5 Å². The second-order valence-electron chi connectivity index (χ2n) is 5.70. The molecule has 10 heteroatoms. The normalized spacial score (nSPS) is 11.2. The van der Waals surface area contributed by atoms with E-state index in [0.717, 1.165) is 4.47 Å². The molecule has 0 bridgehead atoms. The van der Waals surface area contributed by atoms with Crippen LogP contribution in [0.1, 0.15) is 16.2 Å². The average molecular weight is 466 g/mol. The van der Waals surface area contributed by atoms with E-state index in [2.05, 4.69) is 31.0 Å². The highest BCUT2D eigenvalue weighted by Crippen LogP contribution is 2.25. The van der Waals surface area contributed by atoms with Crippen LogP contribution in [0.2, 0.25) is 0 Å². The molecule has 0 fully saturated rings. The van der Waals surface area contributed by atoms with E-state index in [9.17, 15) is 18.3 Å². The van der Waals surface area contributed by atoms with Crippen molar-refractivity contribution in [2.24, 2.45) is 0 Å². The molecule has 3 aromatic rings. The van der Waals surface area contributed by atoms with Crippen molar-refractivity contribution in [2.45, 2.75) is 11.3 Å². The molecule has 0 aliphatic heterocycles. The van der Waals surface area contributed by atoms with Crippen molar-refractivity contribution < 1.29 is 22.7 Å². The van der Waals surface area contributed by atoms with Crippen LogP contribution in [0, 0.1) is 0 Å². The summed E-state index contributed by atoms with van der Waals surface area (Å²) in [5.41, 5.74) is 1.05. The molecule has 3 rings (SSSR count). The molecule has 1 amide bonds. The first kappa shape index (κ1) is 20.1. The minimum absolute atomic E-state index is 0.0466. The van der Waals surface area contributed by atoms with Crippen LogP contribution in [0.3, 0.4) is 0 Å². The molecule has 0 aliphatic carbocycles. The maximum absolute atomic E-state index is 12.9. The zero-order valence-corrected chi connectivity index (χ0v) is 16.8. The van der Waals surface area contributed by atoms with Crippen LogP contribution in [0.25, 0.3) is 0 Å². The summed E-state index contributed by atoms with van der Waals surface area (Å²) in [6.07, 6.45) is 2.74. The Morgan fingerprint density at radius 2 is 1.86 bits per heavy atom. The topological polar surface area (TPSA) is 122 Å². The number of nitrogens with one attached hydrogen (secondary N) is 2. The molecule has 0 radical (unpaired) electrons. The summed E-state index contributed by atoms with van der Waals surface area (Å²) in [5, 5.41) is 11.8. The van der Waals surface area contributed by atoms with Crippen molar-refractivity contribution >= 4 is 43.2 Å². The highest BCUT2D eigenvalue weighted by molar-refractivity contribution is 9.10. The van der Waals surface area contributed by atoms with Gasteiger partial charge < -0.3 is 14.8 Å². The Labute approximate surface area is 169 Å². The van der Waals surface area contributed by atoms with Gasteiger partial charge in [0, 0.05) is 22.5 Å². The molecule has 28 heavy (non-hydrogen) atoms. The quantitative estimate of drug-likeness (QED) is 0.492. The summed E-state index contributed by atoms with van der Waals surface area (Å²) in [6, 6.07) is 11.1. The minimum Gasteiger partial charge on any atom is -0.441 e. The highest BCUT2D eigenvalue weighted by Gasteiger charge is 2.20. The van der Waals surface area contributed by atoms with Crippen molar-refractivity contribution in [3.8, 4) is 0 Å². The first-order valence-corrected chi connectivity index (χ1v) is 10.4. The molecule has 3 N–H and O–H groups in total. The van der Waals surface area contributed by atoms with E-state index in [4.69, 9.17) is 4.42 Å². The van der Waals surface area contributed by atoms with Gasteiger partial charge in [-0.25, -0.2) is 13.4 Å². The number of aromatic nitrogens is 1. The smallest absolute Gasteiger partial charge is 0.311 e. The third kappa shape index (κ3) is 4.77. The van der Waals surface area contributed by atoms with Crippen LogP contribution >= 0.6 is 15.9 Å². The lowest BCUT2D eigenvalue weighted by Gasteiger charge is -2.14. The van der Waals surface area contributed by atoms with Crippen molar-refractivity contribution in [2.75, 3.05) is 16.6 Å². The fourth-order valence-corrected chi connectivity index (χ4v) is 4.08. The molecule has 0 saturated carbocycles. The molecule has 0 spiro atoms. The van der Waals surface area contributed by atoms with E-state index in [1.54, 1.807) is 30.3 Å². The van der Waals surface area contributed by atoms with Crippen LogP contribution in [0.4, 0.5) is 11.4 Å². The number of carbonyl (C=O) groups excluding carboxylic acids is 1. The zero-order chi connectivity index (χ0) is 20.1. The number of hydrogen-bond donors (Lipinski definition) is 3. The van der Waals surface area contributed by atoms with Gasteiger partial charge in [0.05, 0.1) is 11.1 Å². The molecule has 0 atom stereocenters. The summed E-state index contributed by atoms with van der Waals surface area (Å²) in [5.74, 6) is -0.749. The van der Waals surface area contributed by atoms with Gasteiger partial charge in [0.1, 0.15) is 6.26 Å². The average Bonchev–Trinajstić information content (AvgIpc) is 3.20. The third-order valence-electron chi connectivity index (χ3n) is 3.72. The second kappa shape index (κ2) is 8.55. The number of nitrogens with zero attached hydrogens (tertiary/aromatic N) is 1. The summed E-state index contributed by atoms with van der Waals surface area (Å²) in [4.78, 5) is 15.8. The van der Waals surface area contributed by atoms with Gasteiger partial charge in [0.25, 0.3) is 15.9 Å². The van der Waals surface area contributed by atoms with Crippen molar-refractivity contribution in [1.29, 1.82) is 0 Å². The third-order valence-corrected chi connectivity index (χ3v) is 5.71. The number of anilines is 2. The Balaban J connectivity index is 1.92. The van der Waals surface area contributed by atoms with E-state index in [0.29, 0.717) is 11.3 Å². The number of oxazole rings is 1. The van der Waals surface area contributed by atoms with Crippen LogP contribution < -0.4 is 10.0 Å². The SMILES string of the molecule is O=C(Nc1ccc(CCO)c(S(=O)(=O)Nc2ccc(Br)cc2)c1)c1ncco1. The molecule has 0 saturated heterocycles. The number of rotatable bonds is 7. The number of amides is 1. The summed E-state index contributed by atoms with van der Waals surface area (Å²) >= 11 is 3.29. The number of benzene rings is 2. The zero-order valence-electron chi connectivity index (χ0n) is 14.4. The lowest BCUT2D eigenvalue weighted by Crippen LogP contribution is -2.17. The number of carbonyl (C=O) groups is 1. The number of sulfonamides is 1. The Morgan fingerprint density at radius 3 is 2.50 bits per heavy atom. The van der Waals surface area contributed by atoms with Crippen LogP contribution in [-0.2, 0) is 16.4 Å². The van der Waals surface area contributed by atoms with Gasteiger partial charge in [0.2, 0.25) is 0 Å². The van der Waals surface area contributed by atoms with Crippen LogP contribution in [0.15, 0.2) is 68.7 Å². The number of halogens is 1. The van der Waals surface area contributed by atoms with Crippen LogP contribution in [0.5, 0.6) is 0 Å². The Kier molecular flexibility index (Phi) is 6.12. The number of aliphatic hydroxyl groups excluding tert-OH is 1. The van der Waals surface area contributed by atoms with E-state index < -0.39 is 15.9 Å². The van der Waals surface area contributed by atoms with E-state index >= 15 is 0 Å². The maximum atomic E-state index is 12.9. The van der Waals surface area contributed by atoms with Gasteiger partial charge in [-0.1, -0.05) is 22.0 Å². The molecule has 1 aromatic heterocycles. The Hall–Kier alpha value is -2.69. The molecular formula is C18H16BrN3O5S. The van der Waals surface area contributed by atoms with Crippen molar-refractivity contribution in [1.82, 2.24) is 4.98 Å². The summed E-state index contributed by atoms with van der Waals surface area (Å²) in [7, 11) is -3.96. The molecule has 0 aliphatic rings. The van der Waals surface area contributed by atoms with Crippen LogP contribution in [-0.4, -0.2) is 31.0 Å². The van der Waals surface area contributed by atoms with Gasteiger partial charge in [0.15, 0.2) is 0 Å². The summed E-state index contributed by atoms with van der Waals surface area (Å²) in [6.45, 7) is -0.219. The summed E-state index contributed by atoms with van der Waals surface area (Å²) < 4.78 is 34.0. The van der Waals surface area contributed by atoms with E-state index in [1.165, 1.54) is 24.6 Å². The lowest BCUT2D eigenvalue weighted by molar-refractivity contribution is 0.0990. The minimum atomic E-state index is -3.96. The van der Waals surface area contributed by atoms with Gasteiger partial charge in [-0.15, -0.1) is 0 Å². The van der Waals surface area contributed by atoms with Gasteiger partial charge in [-0.05, 0) is 48.4 Å². The molecule has 1 heterocycles. The van der Waals surface area contributed by atoms with Gasteiger partial charge in [-0.3, -0.25) is 9.52 Å². The first-order chi connectivity index (χ1) is 13.4. The number of aliphatic hydroxyl groups is 1. The molecule has 0 unspecified atom stereocenters. The Bertz CT molecular complexity index is 1070. The molecule has 2 aromatic carbocycles. The molecular weight excluding hydrogens is 450 g/mol. The lowest BCUT2D eigenvalue weighted by atomic mass is 10.1. The fourth-order valence-electron chi connectivity index (χ4n) is 2.46. The predicted molar refractivity (Wildman–Crippen MR) is 107 cm³/mol. The van der Waals surface area contributed by atoms with Crippen molar-refractivity contribution in [3.05, 3.63) is 70.9 Å². The second-order valence-corrected chi connectivity index (χ2v) is 8.27. The van der Waals surface area contributed by atoms with Gasteiger partial charge in [-0.2, -0.15) is 0 Å². The number of hydrogen-bond acceptors (Lipinski definition) is 6. The van der Waals surface area contributed by atoms with Gasteiger partial charge >= 0.3 is 5.91 Å². The molecule has 8 nitrogen and oxygen atoms in total. The van der Waals surface area contributed by atoms with E-state index in [1.807, 2.05) is 0 Å². The molecule has 146 valence electrons. The highest BCUT2D eigenvalue weighted by atomic mass is 79.9. The Morgan fingerprint density at radius 1 is 1.14 bits per heavy atom. The van der Waals surface area contributed by atoms with Crippen molar-refractivity contribution in [3.63, 3.8) is 0 Å². The fraction of sp³-hybridized carbons (Fsp3) is 0.111. The maximum Gasteiger partial charge on any atom is 0.311 e.